The first kappa shape index (κ1) is 11.2. The van der Waals surface area contributed by atoms with Gasteiger partial charge in [-0.25, -0.2) is 9.48 Å². The van der Waals surface area contributed by atoms with Crippen molar-refractivity contribution in [2.24, 2.45) is 11.1 Å². The molecule has 0 aromatic carbocycles. The lowest BCUT2D eigenvalue weighted by molar-refractivity contribution is 0.152. The van der Waals surface area contributed by atoms with E-state index < -0.39 is 6.09 Å². The van der Waals surface area contributed by atoms with Crippen molar-refractivity contribution in [2.45, 2.75) is 13.8 Å². The molecule has 1 amide bonds. The Morgan fingerprint density at radius 3 is 2.80 bits per heavy atom. The van der Waals surface area contributed by atoms with E-state index in [2.05, 4.69) is 20.4 Å². The summed E-state index contributed by atoms with van der Waals surface area (Å²) in [6.07, 6.45) is 2.78. The average molecular weight is 210 g/mol. The SMILES string of the molecule is CNC(=O)ON=C(C(C)C)n1cccn1. The van der Waals surface area contributed by atoms with E-state index in [1.54, 1.807) is 23.1 Å². The number of amides is 1. The van der Waals surface area contributed by atoms with Crippen LogP contribution in [0.4, 0.5) is 4.79 Å². The molecule has 1 N–H and O–H groups in total. The Morgan fingerprint density at radius 1 is 1.60 bits per heavy atom. The molecule has 1 aromatic heterocycles. The highest BCUT2D eigenvalue weighted by Crippen LogP contribution is 2.01. The number of nitrogens with one attached hydrogen (secondary N) is 1. The van der Waals surface area contributed by atoms with E-state index in [9.17, 15) is 4.79 Å². The van der Waals surface area contributed by atoms with Crippen molar-refractivity contribution >= 4 is 11.9 Å². The minimum absolute atomic E-state index is 0.106. The second kappa shape index (κ2) is 5.14. The first-order valence-electron chi connectivity index (χ1n) is 4.61. The molecule has 0 atom stereocenters. The molecule has 0 radical (unpaired) electrons. The monoisotopic (exact) mass is 210 g/mol. The van der Waals surface area contributed by atoms with Crippen LogP contribution >= 0.6 is 0 Å². The van der Waals surface area contributed by atoms with Gasteiger partial charge in [0.05, 0.1) is 0 Å². The molecule has 1 heterocycles. The normalized spacial score (nSPS) is 11.6. The molecule has 0 unspecified atom stereocenters. The van der Waals surface area contributed by atoms with E-state index in [1.165, 1.54) is 7.05 Å². The zero-order valence-electron chi connectivity index (χ0n) is 8.97. The van der Waals surface area contributed by atoms with Crippen LogP contribution in [-0.4, -0.2) is 28.8 Å². The maximum Gasteiger partial charge on any atom is 0.433 e. The second-order valence-electron chi connectivity index (χ2n) is 3.18. The third-order valence-electron chi connectivity index (χ3n) is 1.68. The van der Waals surface area contributed by atoms with Gasteiger partial charge in [0.2, 0.25) is 0 Å². The Kier molecular flexibility index (Phi) is 3.84. The van der Waals surface area contributed by atoms with Crippen LogP contribution in [0.15, 0.2) is 23.6 Å². The van der Waals surface area contributed by atoms with Gasteiger partial charge in [-0.2, -0.15) is 5.10 Å². The summed E-state index contributed by atoms with van der Waals surface area (Å²) in [5.74, 6) is 0.679. The number of aromatic nitrogens is 2. The van der Waals surface area contributed by atoms with Gasteiger partial charge in [-0.05, 0) is 6.07 Å². The van der Waals surface area contributed by atoms with Crippen LogP contribution in [0.3, 0.4) is 0 Å². The molecule has 0 spiro atoms. The number of rotatable bonds is 2. The standard InChI is InChI=1S/C9H14N4O2/c1-7(2)8(12-15-9(14)10-3)13-6-4-5-11-13/h4-7H,1-3H3,(H,10,14). The van der Waals surface area contributed by atoms with Crippen LogP contribution in [-0.2, 0) is 4.84 Å². The van der Waals surface area contributed by atoms with Crippen LogP contribution in [0, 0.1) is 5.92 Å². The van der Waals surface area contributed by atoms with Crippen LogP contribution in [0.2, 0.25) is 0 Å². The maximum atomic E-state index is 10.8. The van der Waals surface area contributed by atoms with Crippen LogP contribution in [0.25, 0.3) is 0 Å². The van der Waals surface area contributed by atoms with E-state index in [-0.39, 0.29) is 5.92 Å². The summed E-state index contributed by atoms with van der Waals surface area (Å²) in [4.78, 5) is 15.5. The fourth-order valence-corrected chi connectivity index (χ4v) is 0.950. The molecular weight excluding hydrogens is 196 g/mol. The predicted octanol–water partition coefficient (Wildman–Crippen LogP) is 1.06. The quantitative estimate of drug-likeness (QED) is 0.343. The van der Waals surface area contributed by atoms with Crippen molar-refractivity contribution in [3.63, 3.8) is 0 Å². The predicted molar refractivity (Wildman–Crippen MR) is 55.4 cm³/mol. The van der Waals surface area contributed by atoms with Crippen molar-refractivity contribution in [1.82, 2.24) is 15.1 Å². The highest BCUT2D eigenvalue weighted by Gasteiger charge is 2.10. The molecule has 6 heteroatoms. The van der Waals surface area contributed by atoms with Gasteiger partial charge in [0.25, 0.3) is 0 Å². The first-order valence-corrected chi connectivity index (χ1v) is 4.61. The third kappa shape index (κ3) is 3.08. The van der Waals surface area contributed by atoms with Gasteiger partial charge in [0.1, 0.15) is 0 Å². The first-order chi connectivity index (χ1) is 7.15. The van der Waals surface area contributed by atoms with Gasteiger partial charge in [0, 0.05) is 25.4 Å². The van der Waals surface area contributed by atoms with Crippen LogP contribution < -0.4 is 5.32 Å². The summed E-state index contributed by atoms with van der Waals surface area (Å²) in [6.45, 7) is 3.88. The zero-order valence-corrected chi connectivity index (χ0v) is 8.97. The minimum Gasteiger partial charge on any atom is -0.323 e. The molecule has 0 aliphatic carbocycles. The van der Waals surface area contributed by atoms with Crippen molar-refractivity contribution in [3.8, 4) is 0 Å². The summed E-state index contributed by atoms with van der Waals surface area (Å²) >= 11 is 0. The van der Waals surface area contributed by atoms with Crippen molar-refractivity contribution in [3.05, 3.63) is 18.5 Å². The number of nitrogens with zero attached hydrogens (tertiary/aromatic N) is 3. The van der Waals surface area contributed by atoms with Gasteiger partial charge in [-0.15, -0.1) is 0 Å². The lowest BCUT2D eigenvalue weighted by atomic mass is 10.2. The van der Waals surface area contributed by atoms with Crippen molar-refractivity contribution in [2.75, 3.05) is 7.05 Å². The topological polar surface area (TPSA) is 68.5 Å². The van der Waals surface area contributed by atoms with E-state index in [4.69, 9.17) is 0 Å². The Morgan fingerprint density at radius 2 is 2.33 bits per heavy atom. The molecule has 0 saturated carbocycles. The number of carbonyl (C=O) groups excluding carboxylic acids is 1. The highest BCUT2D eigenvalue weighted by molar-refractivity contribution is 5.85. The minimum atomic E-state index is -0.597. The lowest BCUT2D eigenvalue weighted by Crippen LogP contribution is -2.22. The van der Waals surface area contributed by atoms with E-state index in [0.717, 1.165) is 0 Å². The maximum absolute atomic E-state index is 10.8. The highest BCUT2D eigenvalue weighted by atomic mass is 16.7. The van der Waals surface area contributed by atoms with Crippen molar-refractivity contribution in [1.29, 1.82) is 0 Å². The Hall–Kier alpha value is -1.85. The number of carbonyl (C=O) groups is 1. The van der Waals surface area contributed by atoms with Crippen LogP contribution in [0.1, 0.15) is 13.8 Å². The molecule has 0 aliphatic rings. The van der Waals surface area contributed by atoms with Gasteiger partial charge < -0.3 is 5.32 Å². The fraction of sp³-hybridized carbons (Fsp3) is 0.444. The number of hydrogen-bond donors (Lipinski definition) is 1. The zero-order chi connectivity index (χ0) is 11.3. The van der Waals surface area contributed by atoms with E-state index in [0.29, 0.717) is 5.84 Å². The molecule has 0 aliphatic heterocycles. The number of hydrogen-bond acceptors (Lipinski definition) is 4. The Balaban J connectivity index is 2.79. The summed E-state index contributed by atoms with van der Waals surface area (Å²) in [5.41, 5.74) is 0. The van der Waals surface area contributed by atoms with Gasteiger partial charge in [-0.1, -0.05) is 19.0 Å². The third-order valence-corrected chi connectivity index (χ3v) is 1.68. The average Bonchev–Trinajstić information content (AvgIpc) is 2.70. The molecule has 6 nitrogen and oxygen atoms in total. The van der Waals surface area contributed by atoms with Gasteiger partial charge in [0.15, 0.2) is 5.84 Å². The second-order valence-corrected chi connectivity index (χ2v) is 3.18. The molecule has 0 bridgehead atoms. The molecular formula is C9H14N4O2. The largest absolute Gasteiger partial charge is 0.433 e. The van der Waals surface area contributed by atoms with Crippen LogP contribution in [0.5, 0.6) is 0 Å². The molecule has 0 fully saturated rings. The number of oxime groups is 1. The fourth-order valence-electron chi connectivity index (χ4n) is 0.950. The Labute approximate surface area is 87.9 Å². The molecule has 82 valence electrons. The van der Waals surface area contributed by atoms with Gasteiger partial charge in [-0.3, -0.25) is 4.84 Å². The van der Waals surface area contributed by atoms with Gasteiger partial charge >= 0.3 is 6.09 Å². The molecule has 0 saturated heterocycles. The summed E-state index contributed by atoms with van der Waals surface area (Å²) in [5, 5.41) is 10.1. The summed E-state index contributed by atoms with van der Waals surface area (Å²) in [7, 11) is 1.47. The molecule has 1 aromatic rings. The lowest BCUT2D eigenvalue weighted by Gasteiger charge is -2.08. The summed E-state index contributed by atoms with van der Waals surface area (Å²) < 4.78 is 1.56. The Bertz CT molecular complexity index is 343. The van der Waals surface area contributed by atoms with E-state index in [1.807, 2.05) is 13.8 Å². The summed E-state index contributed by atoms with van der Waals surface area (Å²) in [6, 6.07) is 1.78. The van der Waals surface area contributed by atoms with E-state index >= 15 is 0 Å². The molecule has 1 rings (SSSR count). The molecule has 15 heavy (non-hydrogen) atoms. The van der Waals surface area contributed by atoms with Crippen molar-refractivity contribution < 1.29 is 9.63 Å². The smallest absolute Gasteiger partial charge is 0.323 e.